The fraction of sp³-hybridized carbons (Fsp3) is 0.0952. The summed E-state index contributed by atoms with van der Waals surface area (Å²) in [4.78, 5) is 0. The zero-order chi connectivity index (χ0) is 17.4. The topological polar surface area (TPSA) is 15.9 Å². The highest BCUT2D eigenvalue weighted by molar-refractivity contribution is 9.10. The van der Waals surface area contributed by atoms with Crippen molar-refractivity contribution in [2.24, 2.45) is 7.05 Å². The van der Waals surface area contributed by atoms with E-state index in [0.717, 1.165) is 15.3 Å². The molecule has 0 amide bonds. The highest BCUT2D eigenvalue weighted by Gasteiger charge is 2.17. The lowest BCUT2D eigenvalue weighted by molar-refractivity contribution is -0.641. The van der Waals surface area contributed by atoms with Crippen LogP contribution >= 0.6 is 27.3 Å². The fourth-order valence-corrected chi connectivity index (χ4v) is 4.40. The number of rotatable bonds is 3. The molecule has 0 aliphatic heterocycles. The van der Waals surface area contributed by atoms with E-state index in [0.29, 0.717) is 0 Å². The summed E-state index contributed by atoms with van der Waals surface area (Å²) < 4.78 is 3.32. The molecular formula is C21H18Br2N2S. The molecule has 0 bridgehead atoms. The zero-order valence-electron chi connectivity index (χ0n) is 14.5. The molecule has 0 aliphatic rings. The van der Waals surface area contributed by atoms with Gasteiger partial charge in [-0.15, -0.1) is 0 Å². The summed E-state index contributed by atoms with van der Waals surface area (Å²) in [6, 6.07) is 21.4. The predicted molar refractivity (Wildman–Crippen MR) is 111 cm³/mol. The van der Waals surface area contributed by atoms with Gasteiger partial charge in [0.15, 0.2) is 0 Å². The van der Waals surface area contributed by atoms with Crippen LogP contribution in [0, 0.1) is 6.92 Å². The third-order valence-electron chi connectivity index (χ3n) is 4.42. The summed E-state index contributed by atoms with van der Waals surface area (Å²) in [5, 5.41) is 9.42. The summed E-state index contributed by atoms with van der Waals surface area (Å²) in [7, 11) is 2.11. The number of anilines is 2. The average Bonchev–Trinajstić information content (AvgIpc) is 2.97. The molecule has 0 fully saturated rings. The Kier molecular flexibility index (Phi) is 5.80. The van der Waals surface area contributed by atoms with Gasteiger partial charge in [-0.25, -0.2) is 9.88 Å². The smallest absolute Gasteiger partial charge is 0.339 e. The van der Waals surface area contributed by atoms with Gasteiger partial charge >= 0.3 is 5.13 Å². The maximum Gasteiger partial charge on any atom is 0.339 e. The molecule has 5 heteroatoms. The molecular weight excluding hydrogens is 472 g/mol. The lowest BCUT2D eigenvalue weighted by Crippen LogP contribution is -3.00. The van der Waals surface area contributed by atoms with Gasteiger partial charge < -0.3 is 17.0 Å². The zero-order valence-corrected chi connectivity index (χ0v) is 18.5. The molecule has 0 radical (unpaired) electrons. The summed E-state index contributed by atoms with van der Waals surface area (Å²) in [5.41, 5.74) is 4.80. The van der Waals surface area contributed by atoms with E-state index in [1.807, 2.05) is 0 Å². The molecule has 26 heavy (non-hydrogen) atoms. The van der Waals surface area contributed by atoms with E-state index in [4.69, 9.17) is 0 Å². The highest BCUT2D eigenvalue weighted by atomic mass is 79.9. The van der Waals surface area contributed by atoms with Crippen molar-refractivity contribution in [3.05, 3.63) is 76.1 Å². The molecule has 2 nitrogen and oxygen atoms in total. The van der Waals surface area contributed by atoms with Crippen LogP contribution in [-0.2, 0) is 7.05 Å². The molecule has 4 rings (SSSR count). The predicted octanol–water partition coefficient (Wildman–Crippen LogP) is 3.21. The Hall–Kier alpha value is -1.69. The van der Waals surface area contributed by atoms with Crippen LogP contribution in [0.3, 0.4) is 0 Å². The van der Waals surface area contributed by atoms with Gasteiger partial charge in [-0.1, -0.05) is 63.7 Å². The SMILES string of the molecule is Cc1cc(Br)ccc1Nc1scc(-c2ccc3ccccc3c2)[n+]1C.[Br-]. The Morgan fingerprint density at radius 2 is 1.73 bits per heavy atom. The molecule has 0 aliphatic carbocycles. The second-order valence-corrected chi connectivity index (χ2v) is 7.91. The van der Waals surface area contributed by atoms with E-state index < -0.39 is 0 Å². The van der Waals surface area contributed by atoms with Crippen molar-refractivity contribution in [1.82, 2.24) is 0 Å². The molecule has 0 atom stereocenters. The summed E-state index contributed by atoms with van der Waals surface area (Å²) in [6.07, 6.45) is 0. The third-order valence-corrected chi connectivity index (χ3v) is 5.86. The van der Waals surface area contributed by atoms with E-state index in [9.17, 15) is 0 Å². The Bertz CT molecular complexity index is 1070. The minimum Gasteiger partial charge on any atom is -1.00 e. The number of fused-ring (bicyclic) bond motifs is 1. The number of aromatic nitrogens is 1. The maximum atomic E-state index is 3.56. The van der Waals surface area contributed by atoms with Crippen molar-refractivity contribution < 1.29 is 21.5 Å². The minimum atomic E-state index is 0. The van der Waals surface area contributed by atoms with Gasteiger partial charge in [0, 0.05) is 15.4 Å². The standard InChI is InChI=1S/C21H17BrN2S.BrH/c1-14-11-18(22)9-10-19(14)23-21-24(2)20(13-25-21)17-8-7-15-5-3-4-6-16(15)12-17;/h3-13H,1-2H3;1H. The van der Waals surface area contributed by atoms with E-state index in [2.05, 4.69) is 106 Å². The lowest BCUT2D eigenvalue weighted by atomic mass is 10.1. The van der Waals surface area contributed by atoms with Crippen molar-refractivity contribution >= 4 is 48.9 Å². The van der Waals surface area contributed by atoms with Crippen molar-refractivity contribution in [2.75, 3.05) is 5.32 Å². The van der Waals surface area contributed by atoms with Gasteiger partial charge in [-0.05, 0) is 47.5 Å². The van der Waals surface area contributed by atoms with Gasteiger partial charge in [-0.2, -0.15) is 0 Å². The van der Waals surface area contributed by atoms with Crippen LogP contribution in [0.4, 0.5) is 10.8 Å². The van der Waals surface area contributed by atoms with E-state index >= 15 is 0 Å². The monoisotopic (exact) mass is 488 g/mol. The van der Waals surface area contributed by atoms with Crippen LogP contribution in [0.25, 0.3) is 22.0 Å². The molecule has 0 saturated heterocycles. The van der Waals surface area contributed by atoms with Gasteiger partial charge in [0.1, 0.15) is 11.4 Å². The first-order chi connectivity index (χ1) is 12.1. The Morgan fingerprint density at radius 1 is 0.962 bits per heavy atom. The number of hydrogen-bond acceptors (Lipinski definition) is 2. The Labute approximate surface area is 176 Å². The highest BCUT2D eigenvalue weighted by Crippen LogP contribution is 2.29. The first kappa shape index (κ1) is 19.1. The van der Waals surface area contributed by atoms with Crippen LogP contribution in [0.15, 0.2) is 70.5 Å². The van der Waals surface area contributed by atoms with Crippen LogP contribution < -0.4 is 26.9 Å². The number of nitrogens with zero attached hydrogens (tertiary/aromatic N) is 1. The number of nitrogens with one attached hydrogen (secondary N) is 1. The number of benzene rings is 3. The van der Waals surface area contributed by atoms with E-state index in [-0.39, 0.29) is 17.0 Å². The second kappa shape index (κ2) is 7.91. The third kappa shape index (κ3) is 3.70. The number of thiazole rings is 1. The molecule has 3 aromatic carbocycles. The van der Waals surface area contributed by atoms with Crippen molar-refractivity contribution in [2.45, 2.75) is 6.92 Å². The normalized spacial score (nSPS) is 10.6. The summed E-state index contributed by atoms with van der Waals surface area (Å²) in [6.45, 7) is 2.12. The van der Waals surface area contributed by atoms with Crippen molar-refractivity contribution in [3.8, 4) is 11.3 Å². The Balaban J connectivity index is 0.00000196. The molecule has 0 spiro atoms. The van der Waals surface area contributed by atoms with Crippen LogP contribution in [0.5, 0.6) is 0 Å². The summed E-state index contributed by atoms with van der Waals surface area (Å²) in [5.74, 6) is 0. The average molecular weight is 490 g/mol. The molecule has 0 unspecified atom stereocenters. The number of halogens is 2. The number of hydrogen-bond donors (Lipinski definition) is 1. The molecule has 1 N–H and O–H groups in total. The van der Waals surface area contributed by atoms with Crippen molar-refractivity contribution in [3.63, 3.8) is 0 Å². The Morgan fingerprint density at radius 3 is 2.50 bits per heavy atom. The minimum absolute atomic E-state index is 0. The van der Waals surface area contributed by atoms with Gasteiger partial charge in [0.25, 0.3) is 0 Å². The van der Waals surface area contributed by atoms with Gasteiger partial charge in [0.2, 0.25) is 0 Å². The quantitative estimate of drug-likeness (QED) is 0.437. The molecule has 1 aromatic heterocycles. The first-order valence-electron chi connectivity index (χ1n) is 8.12. The summed E-state index contributed by atoms with van der Waals surface area (Å²) >= 11 is 5.24. The van der Waals surface area contributed by atoms with Crippen LogP contribution in [0.1, 0.15) is 5.56 Å². The van der Waals surface area contributed by atoms with Crippen molar-refractivity contribution in [1.29, 1.82) is 0 Å². The molecule has 4 aromatic rings. The second-order valence-electron chi connectivity index (χ2n) is 6.13. The number of aryl methyl sites for hydroxylation is 1. The van der Waals surface area contributed by atoms with Gasteiger partial charge in [0.05, 0.1) is 7.05 Å². The van der Waals surface area contributed by atoms with Crippen LogP contribution in [0.2, 0.25) is 0 Å². The molecule has 0 saturated carbocycles. The van der Waals surface area contributed by atoms with E-state index in [1.165, 1.54) is 27.6 Å². The fourth-order valence-electron chi connectivity index (χ4n) is 2.99. The molecule has 132 valence electrons. The largest absolute Gasteiger partial charge is 1.00 e. The maximum absolute atomic E-state index is 3.56. The van der Waals surface area contributed by atoms with E-state index in [1.54, 1.807) is 11.3 Å². The lowest BCUT2D eigenvalue weighted by Gasteiger charge is -2.05. The molecule has 1 heterocycles. The van der Waals surface area contributed by atoms with Crippen LogP contribution in [-0.4, -0.2) is 0 Å². The van der Waals surface area contributed by atoms with Gasteiger partial charge in [-0.3, -0.25) is 0 Å². The first-order valence-corrected chi connectivity index (χ1v) is 9.79.